The molecule has 0 radical (unpaired) electrons. The Morgan fingerprint density at radius 2 is 2.00 bits per heavy atom. The highest BCUT2D eigenvalue weighted by Gasteiger charge is 2.21. The fraction of sp³-hybridized carbons (Fsp3) is 0.400. The van der Waals surface area contributed by atoms with Gasteiger partial charge in [0.25, 0.3) is 0 Å². The second kappa shape index (κ2) is 6.93. The van der Waals surface area contributed by atoms with Crippen molar-refractivity contribution >= 4 is 17.5 Å². The quantitative estimate of drug-likeness (QED) is 0.874. The predicted molar refractivity (Wildman–Crippen MR) is 80.8 cm³/mol. The molecule has 1 aliphatic rings. The summed E-state index contributed by atoms with van der Waals surface area (Å²) in [6.45, 7) is -0.213. The van der Waals surface area contributed by atoms with Gasteiger partial charge in [-0.25, -0.2) is 5.01 Å². The molecule has 0 fully saturated rings. The molecule has 1 aliphatic heterocycles. The maximum absolute atomic E-state index is 11.9. The summed E-state index contributed by atoms with van der Waals surface area (Å²) in [5, 5.41) is 5.44. The highest BCUT2D eigenvalue weighted by atomic mass is 16.5. The minimum absolute atomic E-state index is 0.200. The predicted octanol–water partition coefficient (Wildman–Crippen LogP) is 0.906. The Bertz CT molecular complexity index is 613. The topological polar surface area (TPSA) is 94.2 Å². The number of methoxy groups -OCH3 is 2. The van der Waals surface area contributed by atoms with Gasteiger partial charge in [-0.2, -0.15) is 5.10 Å². The van der Waals surface area contributed by atoms with Crippen LogP contribution in [0.15, 0.2) is 23.3 Å². The number of primary amides is 1. The third kappa shape index (κ3) is 3.55. The van der Waals surface area contributed by atoms with E-state index in [1.165, 1.54) is 0 Å². The van der Waals surface area contributed by atoms with Gasteiger partial charge in [-0.1, -0.05) is 0 Å². The number of carbonyl (C=O) groups is 2. The lowest BCUT2D eigenvalue weighted by Crippen LogP contribution is -2.34. The number of benzene rings is 1. The van der Waals surface area contributed by atoms with Gasteiger partial charge in [-0.05, 0) is 31.0 Å². The lowest BCUT2D eigenvalue weighted by molar-refractivity contribution is -0.135. The molecular weight excluding hydrogens is 286 g/mol. The highest BCUT2D eigenvalue weighted by Crippen LogP contribution is 2.29. The van der Waals surface area contributed by atoms with Crippen LogP contribution >= 0.6 is 0 Å². The molecule has 1 heterocycles. The number of hydrogen-bond acceptors (Lipinski definition) is 5. The Labute approximate surface area is 128 Å². The Kier molecular flexibility index (Phi) is 4.98. The van der Waals surface area contributed by atoms with E-state index in [0.717, 1.165) is 10.6 Å². The van der Waals surface area contributed by atoms with Gasteiger partial charge in [0.15, 0.2) is 11.5 Å². The van der Waals surface area contributed by atoms with E-state index in [1.807, 2.05) is 6.07 Å². The van der Waals surface area contributed by atoms with E-state index in [0.29, 0.717) is 36.5 Å². The molecule has 0 aliphatic carbocycles. The summed E-state index contributed by atoms with van der Waals surface area (Å²) in [7, 11) is 3.12. The molecule has 0 saturated heterocycles. The molecule has 2 N–H and O–H groups in total. The van der Waals surface area contributed by atoms with E-state index in [9.17, 15) is 9.59 Å². The summed E-state index contributed by atoms with van der Waals surface area (Å²) in [6, 6.07) is 5.43. The number of ether oxygens (including phenoxy) is 2. The molecule has 0 atom stereocenters. The van der Waals surface area contributed by atoms with E-state index in [-0.39, 0.29) is 12.5 Å². The zero-order valence-electron chi connectivity index (χ0n) is 12.7. The summed E-state index contributed by atoms with van der Waals surface area (Å²) in [5.74, 6) is 0.408. The third-order valence-corrected chi connectivity index (χ3v) is 3.36. The molecule has 0 aromatic heterocycles. The van der Waals surface area contributed by atoms with Crippen LogP contribution in [0.25, 0.3) is 0 Å². The SMILES string of the molecule is COc1ccc(C2=NN(CC(N)=O)C(=O)CCC2)cc1OC. The van der Waals surface area contributed by atoms with Crippen molar-refractivity contribution in [1.82, 2.24) is 5.01 Å². The molecule has 1 aromatic carbocycles. The number of carbonyl (C=O) groups excluding carboxylic acids is 2. The molecule has 2 amide bonds. The molecule has 7 nitrogen and oxygen atoms in total. The summed E-state index contributed by atoms with van der Waals surface area (Å²) >= 11 is 0. The van der Waals surface area contributed by atoms with Crippen molar-refractivity contribution < 1.29 is 19.1 Å². The van der Waals surface area contributed by atoms with Gasteiger partial charge in [0.05, 0.1) is 19.9 Å². The number of nitrogens with two attached hydrogens (primary N) is 1. The molecule has 0 unspecified atom stereocenters. The normalized spacial score (nSPS) is 15.1. The second-order valence-corrected chi connectivity index (χ2v) is 4.89. The Morgan fingerprint density at radius 3 is 2.64 bits per heavy atom. The van der Waals surface area contributed by atoms with Crippen LogP contribution in [0.4, 0.5) is 0 Å². The maximum atomic E-state index is 11.9. The minimum atomic E-state index is -0.592. The molecule has 1 aromatic rings. The summed E-state index contributed by atoms with van der Waals surface area (Å²) in [4.78, 5) is 23.0. The van der Waals surface area contributed by atoms with Crippen LogP contribution in [0, 0.1) is 0 Å². The highest BCUT2D eigenvalue weighted by molar-refractivity contribution is 6.02. The number of nitrogens with zero attached hydrogens (tertiary/aromatic N) is 2. The van der Waals surface area contributed by atoms with Gasteiger partial charge in [0.2, 0.25) is 11.8 Å². The van der Waals surface area contributed by atoms with Crippen molar-refractivity contribution in [2.45, 2.75) is 19.3 Å². The molecule has 0 bridgehead atoms. The van der Waals surface area contributed by atoms with Crippen LogP contribution in [0.2, 0.25) is 0 Å². The van der Waals surface area contributed by atoms with E-state index >= 15 is 0 Å². The van der Waals surface area contributed by atoms with Crippen LogP contribution in [-0.2, 0) is 9.59 Å². The Morgan fingerprint density at radius 1 is 1.27 bits per heavy atom. The van der Waals surface area contributed by atoms with Crippen molar-refractivity contribution in [3.8, 4) is 11.5 Å². The van der Waals surface area contributed by atoms with Crippen molar-refractivity contribution in [1.29, 1.82) is 0 Å². The van der Waals surface area contributed by atoms with Crippen molar-refractivity contribution in [2.75, 3.05) is 20.8 Å². The first-order chi connectivity index (χ1) is 10.5. The fourth-order valence-electron chi connectivity index (χ4n) is 2.28. The first kappa shape index (κ1) is 15.8. The first-order valence-corrected chi connectivity index (χ1v) is 6.93. The van der Waals surface area contributed by atoms with Crippen molar-refractivity contribution in [3.63, 3.8) is 0 Å². The molecular formula is C15H19N3O4. The Hall–Kier alpha value is -2.57. The monoisotopic (exact) mass is 305 g/mol. The zero-order valence-corrected chi connectivity index (χ0v) is 12.7. The molecule has 2 rings (SSSR count). The van der Waals surface area contributed by atoms with Gasteiger partial charge >= 0.3 is 0 Å². The average Bonchev–Trinajstić information content (AvgIpc) is 2.68. The lowest BCUT2D eigenvalue weighted by atomic mass is 10.0. The number of hydrazone groups is 1. The summed E-state index contributed by atoms with van der Waals surface area (Å²) in [6.07, 6.45) is 1.64. The Balaban J connectivity index is 2.36. The number of rotatable bonds is 5. The zero-order chi connectivity index (χ0) is 16.1. The van der Waals surface area contributed by atoms with Crippen LogP contribution in [0.1, 0.15) is 24.8 Å². The van der Waals surface area contributed by atoms with E-state index < -0.39 is 5.91 Å². The molecule has 0 saturated carbocycles. The minimum Gasteiger partial charge on any atom is -0.493 e. The van der Waals surface area contributed by atoms with Gasteiger partial charge in [-0.3, -0.25) is 9.59 Å². The van der Waals surface area contributed by atoms with E-state index in [1.54, 1.807) is 26.4 Å². The van der Waals surface area contributed by atoms with Gasteiger partial charge < -0.3 is 15.2 Å². The maximum Gasteiger partial charge on any atom is 0.243 e. The fourth-order valence-corrected chi connectivity index (χ4v) is 2.28. The smallest absolute Gasteiger partial charge is 0.243 e. The van der Waals surface area contributed by atoms with Crippen LogP contribution in [0.5, 0.6) is 11.5 Å². The first-order valence-electron chi connectivity index (χ1n) is 6.93. The van der Waals surface area contributed by atoms with E-state index in [4.69, 9.17) is 15.2 Å². The van der Waals surface area contributed by atoms with Crippen molar-refractivity contribution in [3.05, 3.63) is 23.8 Å². The van der Waals surface area contributed by atoms with Crippen LogP contribution < -0.4 is 15.2 Å². The second-order valence-electron chi connectivity index (χ2n) is 4.89. The summed E-state index contributed by atoms with van der Waals surface area (Å²) < 4.78 is 10.5. The van der Waals surface area contributed by atoms with Crippen LogP contribution in [-0.4, -0.2) is 43.3 Å². The molecule has 0 spiro atoms. The third-order valence-electron chi connectivity index (χ3n) is 3.36. The summed E-state index contributed by atoms with van der Waals surface area (Å²) in [5.41, 5.74) is 6.70. The average molecular weight is 305 g/mol. The van der Waals surface area contributed by atoms with E-state index in [2.05, 4.69) is 5.10 Å². The number of amides is 2. The molecule has 22 heavy (non-hydrogen) atoms. The molecule has 118 valence electrons. The van der Waals surface area contributed by atoms with Crippen LogP contribution in [0.3, 0.4) is 0 Å². The van der Waals surface area contributed by atoms with Crippen molar-refractivity contribution in [2.24, 2.45) is 10.8 Å². The van der Waals surface area contributed by atoms with Gasteiger partial charge in [0, 0.05) is 12.0 Å². The largest absolute Gasteiger partial charge is 0.493 e. The number of hydrogen-bond donors (Lipinski definition) is 1. The standard InChI is InChI=1S/C15H19N3O4/c1-21-12-7-6-10(8-13(12)22-2)11-4-3-5-15(20)18(17-11)9-14(16)19/h6-8H,3-5,9H2,1-2H3,(H2,16,19). The van der Waals surface area contributed by atoms with Gasteiger partial charge in [-0.15, -0.1) is 0 Å². The van der Waals surface area contributed by atoms with Gasteiger partial charge in [0.1, 0.15) is 6.54 Å². The molecule has 7 heteroatoms. The lowest BCUT2D eigenvalue weighted by Gasteiger charge is -2.15.